The molecule has 0 spiro atoms. The number of hydrogen-bond acceptors (Lipinski definition) is 3. The molecule has 0 aliphatic carbocycles. The lowest BCUT2D eigenvalue weighted by Gasteiger charge is -2.26. The summed E-state index contributed by atoms with van der Waals surface area (Å²) < 4.78 is 0.828. The quantitative estimate of drug-likeness (QED) is 0.705. The molecule has 1 N–H and O–H groups in total. The summed E-state index contributed by atoms with van der Waals surface area (Å²) in [5, 5.41) is 3.11. The van der Waals surface area contributed by atoms with E-state index in [0.29, 0.717) is 19.5 Å². The fourth-order valence-electron chi connectivity index (χ4n) is 4.11. The minimum Gasteiger partial charge on any atom is -0.347 e. The van der Waals surface area contributed by atoms with Crippen molar-refractivity contribution in [1.29, 1.82) is 0 Å². The van der Waals surface area contributed by atoms with Gasteiger partial charge in [0.2, 0.25) is 17.7 Å². The maximum Gasteiger partial charge on any atom is 0.227 e. The lowest BCUT2D eigenvalue weighted by molar-refractivity contribution is -0.130. The number of carbonyl (C=O) groups excluding carboxylic acids is 3. The molecular weight excluding hydrogens is 446 g/mol. The van der Waals surface area contributed by atoms with Crippen LogP contribution in [0.3, 0.4) is 0 Å². The van der Waals surface area contributed by atoms with Crippen molar-refractivity contribution in [2.75, 3.05) is 24.5 Å². The van der Waals surface area contributed by atoms with Crippen molar-refractivity contribution >= 4 is 39.3 Å². The first-order valence-corrected chi connectivity index (χ1v) is 11.0. The van der Waals surface area contributed by atoms with Gasteiger partial charge in [0.05, 0.1) is 17.6 Å². The second-order valence-corrected chi connectivity index (χ2v) is 8.63. The van der Waals surface area contributed by atoms with E-state index in [9.17, 15) is 14.4 Å². The number of carbonyl (C=O) groups is 3. The fraction of sp³-hybridized carbons (Fsp3) is 0.348. The van der Waals surface area contributed by atoms with Gasteiger partial charge in [0.25, 0.3) is 0 Å². The lowest BCUT2D eigenvalue weighted by atomic mass is 10.0. The molecule has 0 saturated carbocycles. The molecule has 2 atom stereocenters. The summed E-state index contributed by atoms with van der Waals surface area (Å²) in [6.45, 7) is 1.51. The normalized spacial score (nSPS) is 20.0. The Bertz CT molecular complexity index is 950. The predicted octanol–water partition coefficient (Wildman–Crippen LogP) is 3.28. The van der Waals surface area contributed by atoms with Crippen LogP contribution in [0, 0.1) is 5.92 Å². The van der Waals surface area contributed by atoms with Crippen LogP contribution >= 0.6 is 15.9 Å². The SMILES string of the molecule is O=C(NC(CN1CCCC1=O)c1ccccc1)C1CC(=O)N(c2ccccc2Br)C1. The molecule has 2 aliphatic rings. The molecular formula is C23H24BrN3O3. The van der Waals surface area contributed by atoms with E-state index < -0.39 is 5.92 Å². The first kappa shape index (κ1) is 20.6. The van der Waals surface area contributed by atoms with Gasteiger partial charge in [0.15, 0.2) is 0 Å². The first-order valence-electron chi connectivity index (χ1n) is 10.2. The van der Waals surface area contributed by atoms with Crippen LogP contribution in [0.1, 0.15) is 30.9 Å². The molecule has 2 saturated heterocycles. The van der Waals surface area contributed by atoms with E-state index >= 15 is 0 Å². The molecule has 156 valence electrons. The standard InChI is InChI=1S/C23H24BrN3O3/c24-18-9-4-5-10-20(18)27-14-17(13-22(27)29)23(30)25-19(16-7-2-1-3-8-16)15-26-12-6-11-21(26)28/h1-5,7-10,17,19H,6,11-15H2,(H,25,30). The van der Waals surface area contributed by atoms with Crippen LogP contribution in [-0.4, -0.2) is 42.3 Å². The van der Waals surface area contributed by atoms with Crippen molar-refractivity contribution in [1.82, 2.24) is 10.2 Å². The number of benzene rings is 2. The molecule has 2 aliphatic heterocycles. The topological polar surface area (TPSA) is 69.7 Å². The molecule has 7 heteroatoms. The minimum atomic E-state index is -0.426. The maximum absolute atomic E-state index is 13.1. The van der Waals surface area contributed by atoms with Gasteiger partial charge >= 0.3 is 0 Å². The molecule has 6 nitrogen and oxygen atoms in total. The highest BCUT2D eigenvalue weighted by molar-refractivity contribution is 9.10. The number of anilines is 1. The Hall–Kier alpha value is -2.67. The molecule has 30 heavy (non-hydrogen) atoms. The predicted molar refractivity (Wildman–Crippen MR) is 118 cm³/mol. The molecule has 2 heterocycles. The summed E-state index contributed by atoms with van der Waals surface area (Å²) in [5.41, 5.74) is 1.73. The van der Waals surface area contributed by atoms with E-state index in [2.05, 4.69) is 21.2 Å². The second kappa shape index (κ2) is 9.00. The van der Waals surface area contributed by atoms with Crippen molar-refractivity contribution in [3.8, 4) is 0 Å². The van der Waals surface area contributed by atoms with Gasteiger partial charge in [0, 0.05) is 36.9 Å². The Morgan fingerprint density at radius 3 is 2.50 bits per heavy atom. The van der Waals surface area contributed by atoms with Crippen LogP contribution in [-0.2, 0) is 14.4 Å². The molecule has 3 amide bonds. The Morgan fingerprint density at radius 1 is 1.07 bits per heavy atom. The van der Waals surface area contributed by atoms with Crippen LogP contribution in [0.25, 0.3) is 0 Å². The molecule has 2 aromatic rings. The van der Waals surface area contributed by atoms with Crippen molar-refractivity contribution in [3.63, 3.8) is 0 Å². The number of para-hydroxylation sites is 1. The van der Waals surface area contributed by atoms with Gasteiger partial charge < -0.3 is 15.1 Å². The van der Waals surface area contributed by atoms with Gasteiger partial charge in [-0.05, 0) is 40.0 Å². The summed E-state index contributed by atoms with van der Waals surface area (Å²) in [7, 11) is 0. The molecule has 2 unspecified atom stereocenters. The van der Waals surface area contributed by atoms with Crippen molar-refractivity contribution in [3.05, 3.63) is 64.6 Å². The molecule has 2 fully saturated rings. The van der Waals surface area contributed by atoms with Crippen LogP contribution in [0.5, 0.6) is 0 Å². The number of amides is 3. The third-order valence-electron chi connectivity index (χ3n) is 5.73. The van der Waals surface area contributed by atoms with Gasteiger partial charge in [0.1, 0.15) is 0 Å². The van der Waals surface area contributed by atoms with E-state index in [1.807, 2.05) is 59.5 Å². The Kier molecular flexibility index (Phi) is 6.18. The van der Waals surface area contributed by atoms with Gasteiger partial charge in [-0.25, -0.2) is 0 Å². The van der Waals surface area contributed by atoms with Crippen molar-refractivity contribution in [2.45, 2.75) is 25.3 Å². The van der Waals surface area contributed by atoms with Gasteiger partial charge in [-0.1, -0.05) is 42.5 Å². The number of nitrogens with zero attached hydrogens (tertiary/aromatic N) is 2. The van der Waals surface area contributed by atoms with Crippen LogP contribution in [0.4, 0.5) is 5.69 Å². The first-order chi connectivity index (χ1) is 14.5. The van der Waals surface area contributed by atoms with Gasteiger partial charge in [-0.15, -0.1) is 0 Å². The Balaban J connectivity index is 1.48. The number of likely N-dealkylation sites (tertiary alicyclic amines) is 1. The number of halogens is 1. The Labute approximate surface area is 184 Å². The average molecular weight is 470 g/mol. The highest BCUT2D eigenvalue weighted by atomic mass is 79.9. The Morgan fingerprint density at radius 2 is 1.80 bits per heavy atom. The number of hydrogen-bond donors (Lipinski definition) is 1. The average Bonchev–Trinajstić information content (AvgIpc) is 3.34. The highest BCUT2D eigenvalue weighted by Gasteiger charge is 2.37. The third-order valence-corrected chi connectivity index (χ3v) is 6.40. The summed E-state index contributed by atoms with van der Waals surface area (Å²) in [5.74, 6) is -0.516. The van der Waals surface area contributed by atoms with Crippen LogP contribution in [0.15, 0.2) is 59.1 Å². The fourth-order valence-corrected chi connectivity index (χ4v) is 4.61. The highest BCUT2D eigenvalue weighted by Crippen LogP contribution is 2.31. The molecule has 0 bridgehead atoms. The molecule has 4 rings (SSSR count). The maximum atomic E-state index is 13.1. The molecule has 2 aromatic carbocycles. The van der Waals surface area contributed by atoms with Crippen molar-refractivity contribution < 1.29 is 14.4 Å². The second-order valence-electron chi connectivity index (χ2n) is 7.77. The summed E-state index contributed by atoms with van der Waals surface area (Å²) in [6, 6.07) is 16.9. The van der Waals surface area contributed by atoms with E-state index in [0.717, 1.165) is 28.7 Å². The van der Waals surface area contributed by atoms with Crippen LogP contribution in [0.2, 0.25) is 0 Å². The monoisotopic (exact) mass is 469 g/mol. The number of rotatable bonds is 6. The summed E-state index contributed by atoms with van der Waals surface area (Å²) >= 11 is 3.48. The van der Waals surface area contributed by atoms with E-state index in [1.54, 1.807) is 4.90 Å². The van der Waals surface area contributed by atoms with E-state index in [-0.39, 0.29) is 30.2 Å². The zero-order chi connectivity index (χ0) is 21.1. The third kappa shape index (κ3) is 4.41. The summed E-state index contributed by atoms with van der Waals surface area (Å²) in [6.07, 6.45) is 1.59. The largest absolute Gasteiger partial charge is 0.347 e. The van der Waals surface area contributed by atoms with Crippen molar-refractivity contribution in [2.24, 2.45) is 5.92 Å². The zero-order valence-corrected chi connectivity index (χ0v) is 18.2. The zero-order valence-electron chi connectivity index (χ0n) is 16.6. The summed E-state index contributed by atoms with van der Waals surface area (Å²) in [4.78, 5) is 41.3. The lowest BCUT2D eigenvalue weighted by Crippen LogP contribution is -2.41. The van der Waals surface area contributed by atoms with E-state index in [4.69, 9.17) is 0 Å². The molecule has 0 aromatic heterocycles. The van der Waals surface area contributed by atoms with Gasteiger partial charge in [-0.3, -0.25) is 14.4 Å². The van der Waals surface area contributed by atoms with Gasteiger partial charge in [-0.2, -0.15) is 0 Å². The van der Waals surface area contributed by atoms with E-state index in [1.165, 1.54) is 0 Å². The molecule has 0 radical (unpaired) electrons. The number of nitrogens with one attached hydrogen (secondary N) is 1. The minimum absolute atomic E-state index is 0.0620. The van der Waals surface area contributed by atoms with Crippen LogP contribution < -0.4 is 10.2 Å². The smallest absolute Gasteiger partial charge is 0.227 e.